The zero-order valence-corrected chi connectivity index (χ0v) is 18.5. The van der Waals surface area contributed by atoms with Crippen LogP contribution in [-0.4, -0.2) is 39.8 Å². The molecule has 7 heteroatoms. The molecule has 0 saturated heterocycles. The summed E-state index contributed by atoms with van der Waals surface area (Å²) in [4.78, 5) is 12.6. The third kappa shape index (κ3) is 6.22. The number of carbonyl (C=O) groups excluding carboxylic acids is 1. The van der Waals surface area contributed by atoms with Gasteiger partial charge in [0.05, 0.1) is 18.5 Å². The first-order chi connectivity index (χ1) is 13.6. The number of carbonyl (C=O) groups is 1. The molecule has 2 aromatic carbocycles. The van der Waals surface area contributed by atoms with Gasteiger partial charge in [-0.2, -0.15) is 0 Å². The van der Waals surface area contributed by atoms with Gasteiger partial charge in [-0.3, -0.25) is 9.10 Å². The summed E-state index contributed by atoms with van der Waals surface area (Å²) in [5, 5.41) is 2.77. The highest BCUT2D eigenvalue weighted by molar-refractivity contribution is 7.92. The van der Waals surface area contributed by atoms with Crippen LogP contribution in [0.2, 0.25) is 0 Å². The maximum Gasteiger partial charge on any atom is 0.243 e. The molecule has 1 amide bonds. The van der Waals surface area contributed by atoms with Crippen LogP contribution in [0.15, 0.2) is 48.5 Å². The maximum atomic E-state index is 12.6. The Hall–Kier alpha value is -2.54. The molecule has 0 spiro atoms. The average Bonchev–Trinajstić information content (AvgIpc) is 2.64. The third-order valence-electron chi connectivity index (χ3n) is 4.54. The second kappa shape index (κ2) is 9.78. The molecule has 0 unspecified atom stereocenters. The van der Waals surface area contributed by atoms with Crippen LogP contribution in [0, 0.1) is 6.92 Å². The maximum absolute atomic E-state index is 12.6. The highest BCUT2D eigenvalue weighted by Crippen LogP contribution is 2.25. The molecule has 29 heavy (non-hydrogen) atoms. The molecule has 0 bridgehead atoms. The number of hydrogen-bond acceptors (Lipinski definition) is 4. The van der Waals surface area contributed by atoms with Gasteiger partial charge in [0.15, 0.2) is 0 Å². The van der Waals surface area contributed by atoms with E-state index in [2.05, 4.69) is 19.2 Å². The summed E-state index contributed by atoms with van der Waals surface area (Å²) in [5.41, 5.74) is 2.49. The molecule has 2 aromatic rings. The van der Waals surface area contributed by atoms with Gasteiger partial charge in [-0.15, -0.1) is 0 Å². The number of nitrogens with zero attached hydrogens (tertiary/aromatic N) is 1. The molecule has 1 atom stereocenters. The van der Waals surface area contributed by atoms with E-state index in [1.165, 1.54) is 0 Å². The van der Waals surface area contributed by atoms with Crippen LogP contribution in [0.4, 0.5) is 5.69 Å². The minimum absolute atomic E-state index is 0.279. The van der Waals surface area contributed by atoms with Crippen LogP contribution >= 0.6 is 0 Å². The van der Waals surface area contributed by atoms with Gasteiger partial charge >= 0.3 is 0 Å². The lowest BCUT2D eigenvalue weighted by Crippen LogP contribution is -2.48. The van der Waals surface area contributed by atoms with Crippen molar-refractivity contribution < 1.29 is 17.9 Å². The quantitative estimate of drug-likeness (QED) is 0.633. The lowest BCUT2D eigenvalue weighted by Gasteiger charge is -2.28. The normalized spacial score (nSPS) is 12.5. The lowest BCUT2D eigenvalue weighted by atomic mass is 10.0. The van der Waals surface area contributed by atoms with E-state index < -0.39 is 16.1 Å². The number of ether oxygens (including phenoxy) is 1. The molecule has 0 saturated carbocycles. The smallest absolute Gasteiger partial charge is 0.243 e. The Bertz CT molecular complexity index is 941. The molecule has 2 rings (SSSR count). The van der Waals surface area contributed by atoms with Crippen molar-refractivity contribution in [2.45, 2.75) is 39.7 Å². The number of hydrogen-bond donors (Lipinski definition) is 1. The molecular weight excluding hydrogens is 388 g/mol. The van der Waals surface area contributed by atoms with E-state index in [-0.39, 0.29) is 12.5 Å². The summed E-state index contributed by atoms with van der Waals surface area (Å²) < 4.78 is 31.6. The molecule has 6 nitrogen and oxygen atoms in total. The van der Waals surface area contributed by atoms with E-state index in [0.717, 1.165) is 27.4 Å². The first-order valence-electron chi connectivity index (χ1n) is 9.66. The lowest BCUT2D eigenvalue weighted by molar-refractivity contribution is -0.121. The molecular formula is C22H30N2O4S. The zero-order valence-electron chi connectivity index (χ0n) is 17.7. The van der Waals surface area contributed by atoms with E-state index in [9.17, 15) is 13.2 Å². The Morgan fingerprint density at radius 3 is 2.41 bits per heavy atom. The average molecular weight is 419 g/mol. The second-order valence-corrected chi connectivity index (χ2v) is 9.27. The van der Waals surface area contributed by atoms with Gasteiger partial charge in [-0.05, 0) is 49.1 Å². The van der Waals surface area contributed by atoms with E-state index in [0.29, 0.717) is 18.2 Å². The summed E-state index contributed by atoms with van der Waals surface area (Å²) >= 11 is 0. The fourth-order valence-corrected chi connectivity index (χ4v) is 4.31. The van der Waals surface area contributed by atoms with Crippen molar-refractivity contribution >= 4 is 21.6 Å². The van der Waals surface area contributed by atoms with Crippen LogP contribution in [0.3, 0.4) is 0 Å². The molecule has 0 radical (unpaired) electrons. The van der Waals surface area contributed by atoms with Crippen molar-refractivity contribution in [3.8, 4) is 5.75 Å². The van der Waals surface area contributed by atoms with Gasteiger partial charge in [-0.25, -0.2) is 8.42 Å². The topological polar surface area (TPSA) is 75.7 Å². The van der Waals surface area contributed by atoms with Crippen LogP contribution in [0.1, 0.15) is 37.8 Å². The summed E-state index contributed by atoms with van der Waals surface area (Å²) in [5.74, 6) is 0.749. The summed E-state index contributed by atoms with van der Waals surface area (Å²) in [6.45, 7) is 8.22. The standard InChI is InChI=1S/C22H30N2O4S/c1-16(2)20-11-6-7-12-21(20)28-14-13-23-22(25)18(4)24(29(5,26)27)19-10-8-9-17(3)15-19/h6-12,15-16,18H,13-14H2,1-5H3,(H,23,25)/t18-/m0/s1. The first-order valence-corrected chi connectivity index (χ1v) is 11.5. The summed E-state index contributed by atoms with van der Waals surface area (Å²) in [6, 6.07) is 14.0. The number of para-hydroxylation sites is 1. The molecule has 0 heterocycles. The molecule has 158 valence electrons. The predicted octanol–water partition coefficient (Wildman–Crippen LogP) is 3.47. The van der Waals surface area contributed by atoms with Gasteiger partial charge in [0, 0.05) is 0 Å². The number of rotatable bonds is 9. The van der Waals surface area contributed by atoms with Crippen molar-refractivity contribution in [1.82, 2.24) is 5.32 Å². The van der Waals surface area contributed by atoms with Gasteiger partial charge in [-0.1, -0.05) is 44.2 Å². The van der Waals surface area contributed by atoms with Crippen LogP contribution in [-0.2, 0) is 14.8 Å². The van der Waals surface area contributed by atoms with E-state index in [4.69, 9.17) is 4.74 Å². The number of nitrogens with one attached hydrogen (secondary N) is 1. The Morgan fingerprint density at radius 2 is 1.79 bits per heavy atom. The molecule has 1 N–H and O–H groups in total. The van der Waals surface area contributed by atoms with E-state index >= 15 is 0 Å². The van der Waals surface area contributed by atoms with Gasteiger partial charge in [0.25, 0.3) is 0 Å². The Kier molecular flexibility index (Phi) is 7.67. The molecule has 0 aromatic heterocycles. The fourth-order valence-electron chi connectivity index (χ4n) is 3.15. The van der Waals surface area contributed by atoms with Gasteiger partial charge < -0.3 is 10.1 Å². The number of amides is 1. The molecule has 0 aliphatic heterocycles. The predicted molar refractivity (Wildman–Crippen MR) is 117 cm³/mol. The van der Waals surface area contributed by atoms with Gasteiger partial charge in [0.2, 0.25) is 15.9 Å². The Balaban J connectivity index is 2.00. The van der Waals surface area contributed by atoms with Crippen molar-refractivity contribution in [2.75, 3.05) is 23.7 Å². The van der Waals surface area contributed by atoms with Crippen molar-refractivity contribution in [1.29, 1.82) is 0 Å². The van der Waals surface area contributed by atoms with Crippen molar-refractivity contribution in [2.24, 2.45) is 0 Å². The first kappa shape index (κ1) is 22.7. The summed E-state index contributed by atoms with van der Waals surface area (Å²) in [6.07, 6.45) is 1.10. The fraction of sp³-hybridized carbons (Fsp3) is 0.409. The second-order valence-electron chi connectivity index (χ2n) is 7.41. The number of anilines is 1. The molecule has 0 aliphatic carbocycles. The van der Waals surface area contributed by atoms with Crippen LogP contribution < -0.4 is 14.4 Å². The zero-order chi connectivity index (χ0) is 21.6. The van der Waals surface area contributed by atoms with Crippen LogP contribution in [0.5, 0.6) is 5.75 Å². The molecule has 0 fully saturated rings. The highest BCUT2D eigenvalue weighted by Gasteiger charge is 2.28. The Morgan fingerprint density at radius 1 is 1.10 bits per heavy atom. The highest BCUT2D eigenvalue weighted by atomic mass is 32.2. The van der Waals surface area contributed by atoms with Crippen molar-refractivity contribution in [3.63, 3.8) is 0 Å². The summed E-state index contributed by atoms with van der Waals surface area (Å²) in [7, 11) is -3.63. The number of sulfonamides is 1. The van der Waals surface area contributed by atoms with Crippen molar-refractivity contribution in [3.05, 3.63) is 59.7 Å². The van der Waals surface area contributed by atoms with Gasteiger partial charge in [0.1, 0.15) is 18.4 Å². The number of aryl methyl sites for hydroxylation is 1. The Labute approximate surface area is 173 Å². The van der Waals surface area contributed by atoms with Crippen LogP contribution in [0.25, 0.3) is 0 Å². The largest absolute Gasteiger partial charge is 0.491 e. The monoisotopic (exact) mass is 418 g/mol. The molecule has 0 aliphatic rings. The third-order valence-corrected chi connectivity index (χ3v) is 5.79. The SMILES string of the molecule is Cc1cccc(N([C@@H](C)C(=O)NCCOc2ccccc2C(C)C)S(C)(=O)=O)c1. The van der Waals surface area contributed by atoms with E-state index in [1.807, 2.05) is 37.3 Å². The minimum atomic E-state index is -3.63. The minimum Gasteiger partial charge on any atom is -0.491 e. The van der Waals surface area contributed by atoms with E-state index in [1.54, 1.807) is 25.1 Å². The number of benzene rings is 2.